The summed E-state index contributed by atoms with van der Waals surface area (Å²) >= 11 is 1.96. The van der Waals surface area contributed by atoms with Crippen molar-refractivity contribution in [2.24, 2.45) is 10.9 Å². The van der Waals surface area contributed by atoms with Crippen LogP contribution in [0.2, 0.25) is 0 Å². The molecule has 0 atom stereocenters. The van der Waals surface area contributed by atoms with Gasteiger partial charge in [0.25, 0.3) is 0 Å². The number of guanidine groups is 1. The lowest BCUT2D eigenvalue weighted by Gasteiger charge is -2.34. The van der Waals surface area contributed by atoms with Crippen LogP contribution in [-0.2, 0) is 4.79 Å². The van der Waals surface area contributed by atoms with Crippen LogP contribution >= 0.6 is 35.7 Å². The van der Waals surface area contributed by atoms with E-state index < -0.39 is 0 Å². The van der Waals surface area contributed by atoms with Gasteiger partial charge in [-0.1, -0.05) is 12.8 Å². The summed E-state index contributed by atoms with van der Waals surface area (Å²) in [6, 6.07) is 1.19. The fourth-order valence-electron chi connectivity index (χ4n) is 4.89. The van der Waals surface area contributed by atoms with Crippen molar-refractivity contribution >= 4 is 47.6 Å². The molecule has 3 rings (SSSR count). The van der Waals surface area contributed by atoms with Crippen molar-refractivity contribution in [1.82, 2.24) is 20.4 Å². The summed E-state index contributed by atoms with van der Waals surface area (Å²) in [5.41, 5.74) is 0. The van der Waals surface area contributed by atoms with Crippen LogP contribution < -0.4 is 10.6 Å². The molecule has 174 valence electrons. The Morgan fingerprint density at radius 3 is 2.40 bits per heavy atom. The average Bonchev–Trinajstić information content (AvgIpc) is 3.29. The molecule has 0 unspecified atom stereocenters. The van der Waals surface area contributed by atoms with Crippen LogP contribution in [0.3, 0.4) is 0 Å². The number of likely N-dealkylation sites (N-methyl/N-ethyl adjacent to an activating group) is 1. The number of amides is 1. The molecule has 0 radical (unpaired) electrons. The molecule has 3 aliphatic rings. The first kappa shape index (κ1) is 26.0. The molecule has 2 aliphatic carbocycles. The summed E-state index contributed by atoms with van der Waals surface area (Å²) in [4.78, 5) is 22.2. The zero-order chi connectivity index (χ0) is 20.5. The first-order valence-electron chi connectivity index (χ1n) is 11.8. The van der Waals surface area contributed by atoms with Gasteiger partial charge in [-0.25, -0.2) is 0 Å². The second-order valence-corrected chi connectivity index (χ2v) is 10.0. The van der Waals surface area contributed by atoms with E-state index in [1.165, 1.54) is 25.7 Å². The molecular formula is C22H42IN5OS. The van der Waals surface area contributed by atoms with Crippen molar-refractivity contribution in [1.29, 1.82) is 0 Å². The first-order chi connectivity index (χ1) is 14.2. The lowest BCUT2D eigenvalue weighted by atomic mass is 9.85. The molecule has 0 bridgehead atoms. The summed E-state index contributed by atoms with van der Waals surface area (Å²) in [6.07, 6.45) is 9.58. The van der Waals surface area contributed by atoms with Crippen LogP contribution in [0.4, 0.5) is 0 Å². The maximum atomic E-state index is 12.8. The van der Waals surface area contributed by atoms with Gasteiger partial charge in [0, 0.05) is 55.7 Å². The van der Waals surface area contributed by atoms with Crippen LogP contribution in [0.15, 0.2) is 4.99 Å². The standard InChI is InChI=1S/C22H41N5OS.HI/c1-3-23-22(24-12-13-26(2)20-6-4-5-7-20)25-19-10-8-18(9-11-19)21(28)27-14-16-29-17-15-27;/h18-20H,3-17H2,1-2H3,(H2,23,24,25);1H. The zero-order valence-corrected chi connectivity index (χ0v) is 22.1. The van der Waals surface area contributed by atoms with Gasteiger partial charge in [-0.15, -0.1) is 24.0 Å². The quantitative estimate of drug-likeness (QED) is 0.289. The SMILES string of the molecule is CCNC(=NCCN(C)C1CCCC1)NC1CCC(C(=O)N2CCSCC2)CC1.I. The van der Waals surface area contributed by atoms with E-state index in [1.807, 2.05) is 11.8 Å². The van der Waals surface area contributed by atoms with Gasteiger partial charge < -0.3 is 20.4 Å². The Hall–Kier alpha value is -0.220. The predicted octanol–water partition coefficient (Wildman–Crippen LogP) is 3.17. The molecule has 0 spiro atoms. The van der Waals surface area contributed by atoms with Crippen LogP contribution in [0.1, 0.15) is 58.3 Å². The number of aliphatic imine (C=N–C) groups is 1. The zero-order valence-electron chi connectivity index (χ0n) is 18.9. The minimum absolute atomic E-state index is 0. The summed E-state index contributed by atoms with van der Waals surface area (Å²) < 4.78 is 0. The monoisotopic (exact) mass is 551 g/mol. The molecule has 0 aromatic rings. The highest BCUT2D eigenvalue weighted by Crippen LogP contribution is 2.27. The first-order valence-corrected chi connectivity index (χ1v) is 12.9. The molecule has 1 saturated heterocycles. The van der Waals surface area contributed by atoms with Gasteiger partial charge in [-0.2, -0.15) is 11.8 Å². The molecule has 3 fully saturated rings. The third-order valence-electron chi connectivity index (χ3n) is 6.75. The fraction of sp³-hybridized carbons (Fsp3) is 0.909. The van der Waals surface area contributed by atoms with E-state index in [9.17, 15) is 4.79 Å². The van der Waals surface area contributed by atoms with E-state index in [0.29, 0.717) is 11.9 Å². The van der Waals surface area contributed by atoms with Crippen molar-refractivity contribution in [2.45, 2.75) is 70.4 Å². The average molecular weight is 552 g/mol. The lowest BCUT2D eigenvalue weighted by molar-refractivity contribution is -0.136. The number of carbonyl (C=O) groups excluding carboxylic acids is 1. The molecule has 1 amide bonds. The summed E-state index contributed by atoms with van der Waals surface area (Å²) in [5, 5.41) is 7.03. The highest BCUT2D eigenvalue weighted by molar-refractivity contribution is 14.0. The van der Waals surface area contributed by atoms with E-state index >= 15 is 0 Å². The van der Waals surface area contributed by atoms with Crippen molar-refractivity contribution in [2.75, 3.05) is 51.3 Å². The van der Waals surface area contributed by atoms with Gasteiger partial charge in [-0.3, -0.25) is 9.79 Å². The smallest absolute Gasteiger partial charge is 0.225 e. The second-order valence-electron chi connectivity index (χ2n) is 8.81. The molecular weight excluding hydrogens is 509 g/mol. The molecule has 30 heavy (non-hydrogen) atoms. The van der Waals surface area contributed by atoms with Gasteiger partial charge in [0.1, 0.15) is 0 Å². The largest absolute Gasteiger partial charge is 0.357 e. The molecule has 1 heterocycles. The number of rotatable bonds is 7. The normalized spacial score (nSPS) is 25.8. The van der Waals surface area contributed by atoms with E-state index in [-0.39, 0.29) is 29.9 Å². The molecule has 2 N–H and O–H groups in total. The maximum Gasteiger partial charge on any atom is 0.225 e. The van der Waals surface area contributed by atoms with Crippen LogP contribution in [0, 0.1) is 5.92 Å². The number of nitrogens with zero attached hydrogens (tertiary/aromatic N) is 3. The lowest BCUT2D eigenvalue weighted by Crippen LogP contribution is -2.47. The fourth-order valence-corrected chi connectivity index (χ4v) is 5.79. The topological polar surface area (TPSA) is 60.0 Å². The van der Waals surface area contributed by atoms with Crippen molar-refractivity contribution in [3.05, 3.63) is 0 Å². The maximum absolute atomic E-state index is 12.8. The van der Waals surface area contributed by atoms with Gasteiger partial charge in [0.05, 0.1) is 6.54 Å². The Bertz CT molecular complexity index is 530. The van der Waals surface area contributed by atoms with Crippen LogP contribution in [0.25, 0.3) is 0 Å². The molecule has 8 heteroatoms. The minimum atomic E-state index is 0. The van der Waals surface area contributed by atoms with E-state index in [1.54, 1.807) is 0 Å². The summed E-state index contributed by atoms with van der Waals surface area (Å²) in [5.74, 6) is 3.77. The third-order valence-corrected chi connectivity index (χ3v) is 7.70. The Kier molecular flexibility index (Phi) is 12.2. The highest BCUT2D eigenvalue weighted by Gasteiger charge is 2.30. The third kappa shape index (κ3) is 8.04. The van der Waals surface area contributed by atoms with Crippen molar-refractivity contribution in [3.63, 3.8) is 0 Å². The molecule has 1 aliphatic heterocycles. The number of hydrogen-bond acceptors (Lipinski definition) is 4. The Balaban J connectivity index is 0.00000320. The van der Waals surface area contributed by atoms with E-state index in [0.717, 1.165) is 81.9 Å². The van der Waals surface area contributed by atoms with Crippen LogP contribution in [0.5, 0.6) is 0 Å². The number of thioether (sulfide) groups is 1. The van der Waals surface area contributed by atoms with Gasteiger partial charge >= 0.3 is 0 Å². The van der Waals surface area contributed by atoms with Crippen molar-refractivity contribution < 1.29 is 4.79 Å². The molecule has 0 aromatic heterocycles. The molecule has 2 saturated carbocycles. The summed E-state index contributed by atoms with van der Waals surface area (Å²) in [7, 11) is 2.24. The second kappa shape index (κ2) is 14.0. The van der Waals surface area contributed by atoms with Gasteiger partial charge in [0.2, 0.25) is 5.91 Å². The van der Waals surface area contributed by atoms with E-state index in [4.69, 9.17) is 4.99 Å². The van der Waals surface area contributed by atoms with Gasteiger partial charge in [0.15, 0.2) is 5.96 Å². The number of hydrogen-bond donors (Lipinski definition) is 2. The number of halogens is 1. The van der Waals surface area contributed by atoms with Crippen molar-refractivity contribution in [3.8, 4) is 0 Å². The Morgan fingerprint density at radius 2 is 1.77 bits per heavy atom. The highest BCUT2D eigenvalue weighted by atomic mass is 127. The van der Waals surface area contributed by atoms with Gasteiger partial charge in [-0.05, 0) is 52.5 Å². The number of carbonyl (C=O) groups is 1. The van der Waals surface area contributed by atoms with Crippen LogP contribution in [-0.4, -0.2) is 85.0 Å². The Labute approximate surface area is 204 Å². The summed E-state index contributed by atoms with van der Waals surface area (Å²) in [6.45, 7) is 6.74. The predicted molar refractivity (Wildman–Crippen MR) is 139 cm³/mol. The Morgan fingerprint density at radius 1 is 1.10 bits per heavy atom. The minimum Gasteiger partial charge on any atom is -0.357 e. The number of nitrogens with one attached hydrogen (secondary N) is 2. The molecule has 6 nitrogen and oxygen atoms in total. The molecule has 0 aromatic carbocycles. The van der Waals surface area contributed by atoms with E-state index in [2.05, 4.69) is 34.4 Å².